The van der Waals surface area contributed by atoms with E-state index in [4.69, 9.17) is 0 Å². The lowest BCUT2D eigenvalue weighted by atomic mass is 10.1. The smallest absolute Gasteiger partial charge is 0.225 e. The summed E-state index contributed by atoms with van der Waals surface area (Å²) in [4.78, 5) is 32.8. The lowest BCUT2D eigenvalue weighted by Gasteiger charge is -2.18. The van der Waals surface area contributed by atoms with Crippen LogP contribution in [0, 0.1) is 5.92 Å². The van der Waals surface area contributed by atoms with Gasteiger partial charge in [-0.25, -0.2) is 0 Å². The van der Waals surface area contributed by atoms with Gasteiger partial charge in [0.2, 0.25) is 11.8 Å². The Morgan fingerprint density at radius 1 is 1.21 bits per heavy atom. The number of carbonyl (C=O) groups excluding carboxylic acids is 2. The van der Waals surface area contributed by atoms with Crippen LogP contribution in [-0.4, -0.2) is 53.3 Å². The molecule has 3 rings (SSSR count). The number of amides is 2. The molecule has 1 aromatic carbocycles. The fourth-order valence-electron chi connectivity index (χ4n) is 3.47. The van der Waals surface area contributed by atoms with Gasteiger partial charge in [0.15, 0.2) is 0 Å². The van der Waals surface area contributed by atoms with Gasteiger partial charge in [0.25, 0.3) is 0 Å². The van der Waals surface area contributed by atoms with E-state index in [0.29, 0.717) is 19.6 Å². The maximum absolute atomic E-state index is 12.4. The number of hydrogen-bond acceptors (Lipinski definition) is 4. The third-order valence-corrected chi connectivity index (χ3v) is 4.98. The number of nitrogens with zero attached hydrogens (tertiary/aromatic N) is 3. The van der Waals surface area contributed by atoms with Crippen LogP contribution in [0.3, 0.4) is 0 Å². The summed E-state index contributed by atoms with van der Waals surface area (Å²) in [5, 5.41) is 2.99. The van der Waals surface area contributed by atoms with Crippen molar-refractivity contribution in [1.82, 2.24) is 20.1 Å². The zero-order valence-electron chi connectivity index (χ0n) is 16.4. The van der Waals surface area contributed by atoms with E-state index in [1.165, 1.54) is 5.56 Å². The highest BCUT2D eigenvalue weighted by molar-refractivity contribution is 5.89. The van der Waals surface area contributed by atoms with Crippen molar-refractivity contribution >= 4 is 11.8 Å². The van der Waals surface area contributed by atoms with E-state index < -0.39 is 0 Å². The van der Waals surface area contributed by atoms with Gasteiger partial charge in [-0.1, -0.05) is 36.4 Å². The second-order valence-corrected chi connectivity index (χ2v) is 7.36. The number of benzene rings is 1. The predicted octanol–water partition coefficient (Wildman–Crippen LogP) is 2.07. The molecule has 1 aromatic heterocycles. The molecule has 1 saturated heterocycles. The van der Waals surface area contributed by atoms with Gasteiger partial charge in [-0.3, -0.25) is 14.6 Å². The van der Waals surface area contributed by atoms with Crippen LogP contribution in [0.4, 0.5) is 0 Å². The molecule has 6 nitrogen and oxygen atoms in total. The molecule has 2 heterocycles. The van der Waals surface area contributed by atoms with Crippen LogP contribution < -0.4 is 5.32 Å². The minimum absolute atomic E-state index is 0.0217. The summed E-state index contributed by atoms with van der Waals surface area (Å²) in [7, 11) is 2.08. The van der Waals surface area contributed by atoms with Gasteiger partial charge in [-0.05, 0) is 37.7 Å². The first-order chi connectivity index (χ1) is 13.6. The van der Waals surface area contributed by atoms with E-state index in [0.717, 1.165) is 25.2 Å². The molecule has 1 N–H and O–H groups in total. The van der Waals surface area contributed by atoms with Crippen molar-refractivity contribution in [3.05, 3.63) is 66.0 Å². The topological polar surface area (TPSA) is 65.5 Å². The first kappa shape index (κ1) is 20.0. The largest absolute Gasteiger partial charge is 0.356 e. The summed E-state index contributed by atoms with van der Waals surface area (Å²) >= 11 is 0. The Bertz CT molecular complexity index is 767. The average Bonchev–Trinajstić information content (AvgIpc) is 3.07. The molecule has 0 aliphatic carbocycles. The van der Waals surface area contributed by atoms with Gasteiger partial charge in [-0.2, -0.15) is 0 Å². The van der Waals surface area contributed by atoms with Crippen LogP contribution in [-0.2, 0) is 22.7 Å². The fraction of sp³-hybridized carbons (Fsp3) is 0.409. The van der Waals surface area contributed by atoms with Gasteiger partial charge in [0.05, 0.1) is 18.2 Å². The molecule has 148 valence electrons. The number of likely N-dealkylation sites (tertiary alicyclic amines) is 1. The van der Waals surface area contributed by atoms with Crippen LogP contribution in [0.1, 0.15) is 24.1 Å². The number of aromatic nitrogens is 1. The lowest BCUT2D eigenvalue weighted by Crippen LogP contribution is -2.34. The molecular weight excluding hydrogens is 352 g/mol. The highest BCUT2D eigenvalue weighted by Gasteiger charge is 2.34. The van der Waals surface area contributed by atoms with E-state index in [-0.39, 0.29) is 24.2 Å². The number of pyridine rings is 1. The van der Waals surface area contributed by atoms with Gasteiger partial charge in [-0.15, -0.1) is 0 Å². The summed E-state index contributed by atoms with van der Waals surface area (Å²) < 4.78 is 0. The monoisotopic (exact) mass is 380 g/mol. The van der Waals surface area contributed by atoms with Crippen molar-refractivity contribution in [3.8, 4) is 0 Å². The van der Waals surface area contributed by atoms with Crippen LogP contribution in [0.5, 0.6) is 0 Å². The van der Waals surface area contributed by atoms with Crippen LogP contribution in [0.15, 0.2) is 54.7 Å². The molecule has 0 saturated carbocycles. The standard InChI is InChI=1S/C22H28N4O2/c1-25(15-18-8-3-2-4-9-18)13-7-12-24-22(28)19-14-21(27)26(16-19)17-20-10-5-6-11-23-20/h2-6,8-11,19H,7,12-17H2,1H3,(H,24,28). The van der Waals surface area contributed by atoms with Gasteiger partial charge in [0, 0.05) is 32.3 Å². The number of hydrogen-bond donors (Lipinski definition) is 1. The molecule has 0 bridgehead atoms. The van der Waals surface area contributed by atoms with Crippen LogP contribution in [0.25, 0.3) is 0 Å². The fourth-order valence-corrected chi connectivity index (χ4v) is 3.47. The Kier molecular flexibility index (Phi) is 7.14. The van der Waals surface area contributed by atoms with Crippen molar-refractivity contribution in [3.63, 3.8) is 0 Å². The maximum atomic E-state index is 12.4. The van der Waals surface area contributed by atoms with E-state index in [1.807, 2.05) is 36.4 Å². The molecule has 6 heteroatoms. The second kappa shape index (κ2) is 9.99. The van der Waals surface area contributed by atoms with Crippen molar-refractivity contribution < 1.29 is 9.59 Å². The van der Waals surface area contributed by atoms with Gasteiger partial charge in [0.1, 0.15) is 0 Å². The predicted molar refractivity (Wildman–Crippen MR) is 108 cm³/mol. The zero-order valence-corrected chi connectivity index (χ0v) is 16.4. The molecule has 1 atom stereocenters. The molecule has 0 spiro atoms. The van der Waals surface area contributed by atoms with Gasteiger partial charge >= 0.3 is 0 Å². The van der Waals surface area contributed by atoms with E-state index in [1.54, 1.807) is 11.1 Å². The highest BCUT2D eigenvalue weighted by Crippen LogP contribution is 2.19. The maximum Gasteiger partial charge on any atom is 0.225 e. The number of carbonyl (C=O) groups is 2. The number of rotatable bonds is 9. The molecular formula is C22H28N4O2. The van der Waals surface area contributed by atoms with Crippen molar-refractivity contribution in [1.29, 1.82) is 0 Å². The minimum Gasteiger partial charge on any atom is -0.356 e. The van der Waals surface area contributed by atoms with E-state index in [9.17, 15) is 9.59 Å². The quantitative estimate of drug-likeness (QED) is 0.677. The third kappa shape index (κ3) is 5.89. The molecule has 2 aromatic rings. The summed E-state index contributed by atoms with van der Waals surface area (Å²) in [6.45, 7) is 3.37. The molecule has 1 fully saturated rings. The third-order valence-electron chi connectivity index (χ3n) is 4.98. The molecule has 0 radical (unpaired) electrons. The molecule has 1 aliphatic heterocycles. The van der Waals surface area contributed by atoms with Crippen LogP contribution >= 0.6 is 0 Å². The van der Waals surface area contributed by atoms with E-state index in [2.05, 4.69) is 34.4 Å². The number of nitrogens with one attached hydrogen (secondary N) is 1. The molecule has 28 heavy (non-hydrogen) atoms. The molecule has 1 unspecified atom stereocenters. The van der Waals surface area contributed by atoms with Crippen LogP contribution in [0.2, 0.25) is 0 Å². The van der Waals surface area contributed by atoms with E-state index >= 15 is 0 Å². The van der Waals surface area contributed by atoms with Crippen molar-refractivity contribution in [2.75, 3.05) is 26.7 Å². The first-order valence-electron chi connectivity index (χ1n) is 9.79. The highest BCUT2D eigenvalue weighted by atomic mass is 16.2. The normalized spacial score (nSPS) is 16.6. The average molecular weight is 380 g/mol. The molecule has 1 aliphatic rings. The Labute approximate surface area is 166 Å². The van der Waals surface area contributed by atoms with Crippen molar-refractivity contribution in [2.45, 2.75) is 25.9 Å². The lowest BCUT2D eigenvalue weighted by molar-refractivity contribution is -0.129. The zero-order chi connectivity index (χ0) is 19.8. The Morgan fingerprint density at radius 3 is 2.75 bits per heavy atom. The Morgan fingerprint density at radius 2 is 2.00 bits per heavy atom. The summed E-state index contributed by atoms with van der Waals surface area (Å²) in [6.07, 6.45) is 2.88. The van der Waals surface area contributed by atoms with Crippen molar-refractivity contribution in [2.24, 2.45) is 5.92 Å². The second-order valence-electron chi connectivity index (χ2n) is 7.36. The Hall–Kier alpha value is -2.73. The first-order valence-corrected chi connectivity index (χ1v) is 9.79. The summed E-state index contributed by atoms with van der Waals surface area (Å²) in [6, 6.07) is 16.0. The molecule has 2 amide bonds. The Balaban J connectivity index is 1.35. The SMILES string of the molecule is CN(CCCNC(=O)C1CC(=O)N(Cc2ccccn2)C1)Cc1ccccc1. The van der Waals surface area contributed by atoms with Gasteiger partial charge < -0.3 is 15.1 Å². The summed E-state index contributed by atoms with van der Waals surface area (Å²) in [5.41, 5.74) is 2.13. The minimum atomic E-state index is -0.265. The summed E-state index contributed by atoms with van der Waals surface area (Å²) in [5.74, 6) is -0.269.